The fourth-order valence-electron chi connectivity index (χ4n) is 7.32. The number of nitrogens with zero attached hydrogens (tertiary/aromatic N) is 1. The van der Waals surface area contributed by atoms with Gasteiger partial charge in [-0.1, -0.05) is 25.1 Å². The van der Waals surface area contributed by atoms with E-state index in [1.807, 2.05) is 27.7 Å². The maximum atomic E-state index is 13.4. The van der Waals surface area contributed by atoms with Crippen molar-refractivity contribution in [1.82, 2.24) is 4.98 Å². The van der Waals surface area contributed by atoms with E-state index in [1.54, 1.807) is 48.7 Å². The summed E-state index contributed by atoms with van der Waals surface area (Å²) in [7, 11) is 0. The van der Waals surface area contributed by atoms with E-state index in [2.05, 4.69) is 4.98 Å². The standard InChI is InChI=1S/C30H35NO8/c1-17-14-22(33)25(36-18(2)32)29(5)23(37-26(34)19-10-7-6-8-11-19)15-21-24(30(17,29)39-28(21,3)4)38-27(35)20-12-9-13-31-16-20/h6-13,16-17,21-25,33H,14-15H2,1-5H3/t17-,21-,22+,23+,24-,25+,29-,30-/m1/s1. The van der Waals surface area contributed by atoms with Crippen LogP contribution < -0.4 is 0 Å². The van der Waals surface area contributed by atoms with Crippen LogP contribution in [-0.4, -0.2) is 63.6 Å². The summed E-state index contributed by atoms with van der Waals surface area (Å²) < 4.78 is 25.2. The number of aliphatic hydroxyl groups excluding tert-OH is 1. The number of rotatable bonds is 5. The first kappa shape index (κ1) is 27.3. The number of hydrogen-bond donors (Lipinski definition) is 1. The Morgan fingerprint density at radius 2 is 1.59 bits per heavy atom. The minimum Gasteiger partial charge on any atom is -0.459 e. The molecule has 1 aliphatic heterocycles. The molecule has 0 radical (unpaired) electrons. The van der Waals surface area contributed by atoms with Crippen LogP contribution in [0.5, 0.6) is 0 Å². The van der Waals surface area contributed by atoms with Crippen LogP contribution >= 0.6 is 0 Å². The summed E-state index contributed by atoms with van der Waals surface area (Å²) in [5.41, 5.74) is -2.61. The zero-order valence-electron chi connectivity index (χ0n) is 22.8. The number of ether oxygens (including phenoxy) is 4. The molecule has 208 valence electrons. The second-order valence-corrected chi connectivity index (χ2v) is 11.7. The van der Waals surface area contributed by atoms with Crippen molar-refractivity contribution in [2.24, 2.45) is 17.3 Å². The van der Waals surface area contributed by atoms with Gasteiger partial charge >= 0.3 is 17.9 Å². The van der Waals surface area contributed by atoms with Crippen molar-refractivity contribution in [2.45, 2.75) is 83.1 Å². The summed E-state index contributed by atoms with van der Waals surface area (Å²) in [5, 5.41) is 11.3. The van der Waals surface area contributed by atoms with Gasteiger partial charge in [0.1, 0.15) is 23.9 Å². The molecule has 2 aromatic rings. The van der Waals surface area contributed by atoms with Crippen molar-refractivity contribution >= 4 is 17.9 Å². The van der Waals surface area contributed by atoms with E-state index in [0.29, 0.717) is 11.1 Å². The Morgan fingerprint density at radius 1 is 0.923 bits per heavy atom. The molecule has 0 unspecified atom stereocenters. The third kappa shape index (κ3) is 4.23. The smallest absolute Gasteiger partial charge is 0.340 e. The van der Waals surface area contributed by atoms with Gasteiger partial charge in [0.25, 0.3) is 0 Å². The van der Waals surface area contributed by atoms with Gasteiger partial charge in [-0.3, -0.25) is 9.78 Å². The number of hydrogen-bond acceptors (Lipinski definition) is 9. The first-order chi connectivity index (χ1) is 18.4. The van der Waals surface area contributed by atoms with E-state index in [0.717, 1.165) is 0 Å². The van der Waals surface area contributed by atoms with Crippen LogP contribution in [0, 0.1) is 17.3 Å². The molecule has 2 aliphatic carbocycles. The number of carbonyl (C=O) groups is 3. The van der Waals surface area contributed by atoms with Crippen molar-refractivity contribution in [1.29, 1.82) is 0 Å². The molecule has 1 saturated heterocycles. The molecular formula is C30H35NO8. The Morgan fingerprint density at radius 3 is 2.23 bits per heavy atom. The topological polar surface area (TPSA) is 121 Å². The Hall–Kier alpha value is -3.30. The maximum absolute atomic E-state index is 13.4. The molecule has 39 heavy (non-hydrogen) atoms. The van der Waals surface area contributed by atoms with Crippen molar-refractivity contribution in [3.8, 4) is 0 Å². The van der Waals surface area contributed by atoms with Crippen LogP contribution in [-0.2, 0) is 23.7 Å². The third-order valence-corrected chi connectivity index (χ3v) is 9.04. The number of aliphatic hydroxyl groups is 1. The number of pyridine rings is 1. The first-order valence-electron chi connectivity index (χ1n) is 13.3. The van der Waals surface area contributed by atoms with Gasteiger partial charge in [-0.15, -0.1) is 0 Å². The highest BCUT2D eigenvalue weighted by atomic mass is 16.6. The highest BCUT2D eigenvalue weighted by Crippen LogP contribution is 2.67. The third-order valence-electron chi connectivity index (χ3n) is 9.04. The largest absolute Gasteiger partial charge is 0.459 e. The summed E-state index contributed by atoms with van der Waals surface area (Å²) in [5.74, 6) is -2.37. The van der Waals surface area contributed by atoms with Gasteiger partial charge in [0.15, 0.2) is 0 Å². The zero-order chi connectivity index (χ0) is 28.2. The summed E-state index contributed by atoms with van der Waals surface area (Å²) in [6.45, 7) is 8.87. The van der Waals surface area contributed by atoms with E-state index >= 15 is 0 Å². The molecule has 2 saturated carbocycles. The number of benzene rings is 1. The van der Waals surface area contributed by atoms with E-state index in [4.69, 9.17) is 18.9 Å². The number of carbonyl (C=O) groups excluding carboxylic acids is 3. The van der Waals surface area contributed by atoms with Crippen LogP contribution in [0.4, 0.5) is 0 Å². The number of aromatic nitrogens is 1. The van der Waals surface area contributed by atoms with Gasteiger partial charge in [-0.25, -0.2) is 9.59 Å². The van der Waals surface area contributed by atoms with Crippen LogP contribution in [0.25, 0.3) is 0 Å². The van der Waals surface area contributed by atoms with E-state index in [1.165, 1.54) is 13.1 Å². The molecule has 0 amide bonds. The second-order valence-electron chi connectivity index (χ2n) is 11.7. The Labute approximate surface area is 227 Å². The highest BCUT2D eigenvalue weighted by molar-refractivity contribution is 5.90. The lowest BCUT2D eigenvalue weighted by Crippen LogP contribution is -2.75. The molecule has 1 N–H and O–H groups in total. The van der Waals surface area contributed by atoms with Crippen molar-refractivity contribution in [3.63, 3.8) is 0 Å². The molecule has 1 aromatic carbocycles. The van der Waals surface area contributed by atoms with Crippen molar-refractivity contribution in [2.75, 3.05) is 0 Å². The molecule has 8 atom stereocenters. The average molecular weight is 538 g/mol. The second kappa shape index (κ2) is 9.71. The monoisotopic (exact) mass is 537 g/mol. The SMILES string of the molecule is CC(=O)O[C@H]1[C@@H](O)C[C@@H](C)[C@]23OC(C)(C)[C@H](C[C@H](OC(=O)c4ccccc4)[C@]12C)[C@H]3OC(=O)c1cccnc1. The number of fused-ring (bicyclic) bond motifs is 1. The maximum Gasteiger partial charge on any atom is 0.340 e. The predicted molar refractivity (Wildman–Crippen MR) is 139 cm³/mol. The summed E-state index contributed by atoms with van der Waals surface area (Å²) >= 11 is 0. The first-order valence-corrected chi connectivity index (χ1v) is 13.3. The summed E-state index contributed by atoms with van der Waals surface area (Å²) in [4.78, 5) is 43.0. The van der Waals surface area contributed by atoms with E-state index < -0.39 is 58.9 Å². The minimum absolute atomic E-state index is 0.233. The van der Waals surface area contributed by atoms with Gasteiger partial charge in [0.05, 0.1) is 28.2 Å². The molecular weight excluding hydrogens is 502 g/mol. The average Bonchev–Trinajstić information content (AvgIpc) is 3.08. The van der Waals surface area contributed by atoms with Crippen LogP contribution in [0.2, 0.25) is 0 Å². The molecule has 3 fully saturated rings. The zero-order valence-corrected chi connectivity index (χ0v) is 22.8. The Balaban J connectivity index is 1.63. The Kier molecular flexibility index (Phi) is 6.79. The normalized spacial score (nSPS) is 36.4. The lowest BCUT2D eigenvalue weighted by molar-refractivity contribution is -0.301. The lowest BCUT2D eigenvalue weighted by Gasteiger charge is -2.62. The molecule has 9 heteroatoms. The van der Waals surface area contributed by atoms with Gasteiger partial charge in [-0.05, 0) is 63.8 Å². The van der Waals surface area contributed by atoms with Gasteiger partial charge in [0.2, 0.25) is 0 Å². The van der Waals surface area contributed by atoms with Crippen LogP contribution in [0.15, 0.2) is 54.9 Å². The molecule has 2 heterocycles. The van der Waals surface area contributed by atoms with E-state index in [9.17, 15) is 19.5 Å². The predicted octanol–water partition coefficient (Wildman–Crippen LogP) is 3.74. The Bertz CT molecular complexity index is 1250. The molecule has 2 bridgehead atoms. The fourth-order valence-corrected chi connectivity index (χ4v) is 7.32. The van der Waals surface area contributed by atoms with Crippen LogP contribution in [0.3, 0.4) is 0 Å². The quantitative estimate of drug-likeness (QED) is 0.449. The van der Waals surface area contributed by atoms with Crippen molar-refractivity contribution < 1.29 is 38.4 Å². The van der Waals surface area contributed by atoms with Crippen molar-refractivity contribution in [3.05, 3.63) is 66.0 Å². The lowest BCUT2D eigenvalue weighted by atomic mass is 9.48. The van der Waals surface area contributed by atoms with E-state index in [-0.39, 0.29) is 24.7 Å². The molecule has 1 spiro atoms. The summed E-state index contributed by atoms with van der Waals surface area (Å²) in [6, 6.07) is 11.9. The van der Waals surface area contributed by atoms with Gasteiger partial charge < -0.3 is 24.1 Å². The van der Waals surface area contributed by atoms with Crippen LogP contribution in [0.1, 0.15) is 68.2 Å². The fraction of sp³-hybridized carbons (Fsp3) is 0.533. The molecule has 5 rings (SSSR count). The number of esters is 3. The minimum atomic E-state index is -1.26. The molecule has 9 nitrogen and oxygen atoms in total. The van der Waals surface area contributed by atoms with Gasteiger partial charge in [-0.2, -0.15) is 0 Å². The molecule has 1 aromatic heterocycles. The molecule has 3 aliphatic rings. The highest BCUT2D eigenvalue weighted by Gasteiger charge is 2.80. The van der Waals surface area contributed by atoms with Gasteiger partial charge in [0, 0.05) is 25.2 Å². The summed E-state index contributed by atoms with van der Waals surface area (Å²) in [6.07, 6.45) is -0.184.